The number of hydrogen-bond acceptors (Lipinski definition) is 10. The number of halogens is 3. The summed E-state index contributed by atoms with van der Waals surface area (Å²) in [4.78, 5) is 19.5. The molecule has 2 aromatic carbocycles. The summed E-state index contributed by atoms with van der Waals surface area (Å²) in [6.45, 7) is 7.90. The van der Waals surface area contributed by atoms with Crippen molar-refractivity contribution < 1.29 is 17.8 Å². The van der Waals surface area contributed by atoms with E-state index in [1.807, 2.05) is 65.9 Å². The van der Waals surface area contributed by atoms with E-state index in [1.54, 1.807) is 48.8 Å². The Kier molecular flexibility index (Phi) is 12.7. The van der Waals surface area contributed by atoms with Crippen molar-refractivity contribution >= 4 is 12.4 Å². The van der Waals surface area contributed by atoms with E-state index < -0.39 is 5.54 Å². The van der Waals surface area contributed by atoms with Gasteiger partial charge in [-0.1, -0.05) is 46.1 Å². The van der Waals surface area contributed by atoms with E-state index in [9.17, 15) is 8.78 Å². The Morgan fingerprint density at radius 1 is 0.635 bits per heavy atom. The first kappa shape index (κ1) is 39.0. The van der Waals surface area contributed by atoms with Gasteiger partial charge >= 0.3 is 0 Å². The highest BCUT2D eigenvalue weighted by atomic mass is 35.5. The fourth-order valence-corrected chi connectivity index (χ4v) is 4.08. The molecule has 0 fully saturated rings. The molecule has 0 atom stereocenters. The molecule has 0 aliphatic carbocycles. The maximum atomic E-state index is 13.2. The molecule has 0 saturated heterocycles. The molecule has 0 spiro atoms. The first-order valence-electron chi connectivity index (χ1n) is 15.9. The number of hydrogen-bond donors (Lipinski definition) is 1. The van der Waals surface area contributed by atoms with Gasteiger partial charge in [-0.3, -0.25) is 14.9 Å². The van der Waals surface area contributed by atoms with Crippen molar-refractivity contribution in [3.8, 4) is 46.7 Å². The Morgan fingerprint density at radius 3 is 1.48 bits per heavy atom. The summed E-state index contributed by atoms with van der Waals surface area (Å²) >= 11 is 0. The highest BCUT2D eigenvalue weighted by Gasteiger charge is 2.30. The maximum Gasteiger partial charge on any atom is 0.246 e. The van der Waals surface area contributed by atoms with Crippen LogP contribution in [0.4, 0.5) is 8.78 Å². The second kappa shape index (κ2) is 16.9. The summed E-state index contributed by atoms with van der Waals surface area (Å²) in [6.07, 6.45) is 3.26. The van der Waals surface area contributed by atoms with E-state index in [1.165, 1.54) is 24.3 Å². The van der Waals surface area contributed by atoms with Crippen LogP contribution in [0.25, 0.3) is 23.0 Å². The summed E-state index contributed by atoms with van der Waals surface area (Å²) in [7, 11) is 5.73. The van der Waals surface area contributed by atoms with Crippen LogP contribution in [-0.2, 0) is 11.1 Å². The Morgan fingerprint density at radius 2 is 1.08 bits per heavy atom. The van der Waals surface area contributed by atoms with E-state index in [4.69, 9.17) is 9.05 Å². The van der Waals surface area contributed by atoms with Crippen molar-refractivity contribution in [3.05, 3.63) is 131 Å². The maximum absolute atomic E-state index is 13.2. The molecular formula is C39H37ClF2N8O2. The van der Waals surface area contributed by atoms with Gasteiger partial charge in [-0.2, -0.15) is 9.97 Å². The summed E-state index contributed by atoms with van der Waals surface area (Å²) in [6, 6.07) is 19.5. The largest absolute Gasteiger partial charge is 0.337 e. The van der Waals surface area contributed by atoms with Crippen LogP contribution in [0.5, 0.6) is 0 Å². The van der Waals surface area contributed by atoms with Crippen LogP contribution in [0, 0.1) is 35.3 Å². The van der Waals surface area contributed by atoms with Gasteiger partial charge in [0.2, 0.25) is 23.4 Å². The highest BCUT2D eigenvalue weighted by Crippen LogP contribution is 2.26. The SMILES string of the molecule is CN(C)C(C)(C)c1nc(-c2ccc(C#Cc3cccc(F)c3)cn2)no1.CNC(C)(C)c1nc(-c2ccc(C#Cc3cccc(F)c3)cn2)no1.Cl. The van der Waals surface area contributed by atoms with Crippen molar-refractivity contribution in [2.45, 2.75) is 38.8 Å². The van der Waals surface area contributed by atoms with E-state index in [-0.39, 0.29) is 29.6 Å². The summed E-state index contributed by atoms with van der Waals surface area (Å²) in [5.74, 6) is 13.0. The van der Waals surface area contributed by atoms with Crippen molar-refractivity contribution in [1.82, 2.24) is 40.5 Å². The summed E-state index contributed by atoms with van der Waals surface area (Å²) in [5, 5.41) is 11.1. The number of rotatable bonds is 6. The third-order valence-corrected chi connectivity index (χ3v) is 7.99. The zero-order valence-electron chi connectivity index (χ0n) is 29.7. The third-order valence-electron chi connectivity index (χ3n) is 7.99. The van der Waals surface area contributed by atoms with Gasteiger partial charge in [-0.05, 0) is 110 Å². The minimum Gasteiger partial charge on any atom is -0.337 e. The average molecular weight is 723 g/mol. The van der Waals surface area contributed by atoms with Crippen molar-refractivity contribution in [2.24, 2.45) is 0 Å². The highest BCUT2D eigenvalue weighted by molar-refractivity contribution is 5.85. The van der Waals surface area contributed by atoms with Crippen LogP contribution in [-0.4, -0.2) is 56.3 Å². The van der Waals surface area contributed by atoms with E-state index in [0.717, 1.165) is 5.56 Å². The van der Waals surface area contributed by atoms with E-state index in [2.05, 4.69) is 59.2 Å². The molecule has 1 N–H and O–H groups in total. The van der Waals surface area contributed by atoms with Crippen molar-refractivity contribution in [1.29, 1.82) is 0 Å². The van der Waals surface area contributed by atoms with Crippen LogP contribution in [0.1, 0.15) is 61.7 Å². The molecule has 4 aromatic heterocycles. The van der Waals surface area contributed by atoms with Gasteiger partial charge in [0.25, 0.3) is 0 Å². The standard InChI is InChI=1S/C20H19FN4O.C19H17FN4O.ClH/c1-20(2,25(3)4)19-23-18(24-26-19)17-11-10-15(13-22-17)9-8-14-6-5-7-16(21)12-14;1-19(2,21-3)18-23-17(24-25-18)16-10-9-14(12-22-16)8-7-13-5-4-6-15(20)11-13;/h5-7,10-13H,1-4H3;4-6,9-12,21H,1-3H3;1H. The predicted octanol–water partition coefficient (Wildman–Crippen LogP) is 7.01. The lowest BCUT2D eigenvalue weighted by atomic mass is 10.0. The Bertz CT molecular complexity index is 2230. The fourth-order valence-electron chi connectivity index (χ4n) is 4.08. The minimum atomic E-state index is -0.415. The van der Waals surface area contributed by atoms with Crippen LogP contribution >= 0.6 is 12.4 Å². The van der Waals surface area contributed by atoms with Crippen LogP contribution < -0.4 is 5.32 Å². The molecule has 0 amide bonds. The lowest BCUT2D eigenvalue weighted by Gasteiger charge is -2.27. The van der Waals surface area contributed by atoms with Gasteiger partial charge in [0.15, 0.2) is 0 Å². The van der Waals surface area contributed by atoms with Gasteiger partial charge in [-0.25, -0.2) is 8.78 Å². The predicted molar refractivity (Wildman–Crippen MR) is 196 cm³/mol. The first-order chi connectivity index (χ1) is 24.3. The second-order valence-electron chi connectivity index (χ2n) is 12.6. The second-order valence-corrected chi connectivity index (χ2v) is 12.6. The Labute approximate surface area is 307 Å². The molecule has 13 heteroatoms. The van der Waals surface area contributed by atoms with Crippen molar-refractivity contribution in [2.75, 3.05) is 21.1 Å². The minimum absolute atomic E-state index is 0. The van der Waals surface area contributed by atoms with Crippen LogP contribution in [0.15, 0.2) is 94.2 Å². The van der Waals surface area contributed by atoms with Gasteiger partial charge in [0.1, 0.15) is 23.0 Å². The molecule has 6 aromatic rings. The number of aromatic nitrogens is 6. The Balaban J connectivity index is 0.000000228. The molecule has 0 unspecified atom stereocenters. The molecule has 6 rings (SSSR count). The summed E-state index contributed by atoms with van der Waals surface area (Å²) in [5.41, 5.74) is 3.07. The van der Waals surface area contributed by atoms with Gasteiger partial charge in [0, 0.05) is 34.6 Å². The van der Waals surface area contributed by atoms with Gasteiger partial charge in [-0.15, -0.1) is 12.4 Å². The van der Waals surface area contributed by atoms with E-state index in [0.29, 0.717) is 51.5 Å². The summed E-state index contributed by atoms with van der Waals surface area (Å²) < 4.78 is 37.0. The molecule has 0 aliphatic heterocycles. The lowest BCUT2D eigenvalue weighted by Crippen LogP contribution is -2.35. The average Bonchev–Trinajstić information content (AvgIpc) is 3.83. The number of benzene rings is 2. The molecule has 266 valence electrons. The number of nitrogens with one attached hydrogen (secondary N) is 1. The molecular weight excluding hydrogens is 686 g/mol. The zero-order chi connectivity index (χ0) is 36.6. The smallest absolute Gasteiger partial charge is 0.246 e. The number of nitrogens with zero attached hydrogens (tertiary/aromatic N) is 7. The molecule has 52 heavy (non-hydrogen) atoms. The van der Waals surface area contributed by atoms with Crippen LogP contribution in [0.2, 0.25) is 0 Å². The molecule has 0 bridgehead atoms. The normalized spacial score (nSPS) is 11.0. The van der Waals surface area contributed by atoms with Gasteiger partial charge < -0.3 is 14.4 Å². The van der Waals surface area contributed by atoms with Crippen molar-refractivity contribution in [3.63, 3.8) is 0 Å². The third kappa shape index (κ3) is 9.92. The zero-order valence-corrected chi connectivity index (χ0v) is 30.5. The topological polar surface area (TPSA) is 119 Å². The monoisotopic (exact) mass is 722 g/mol. The molecule has 4 heterocycles. The van der Waals surface area contributed by atoms with Crippen LogP contribution in [0.3, 0.4) is 0 Å². The molecule has 10 nitrogen and oxygen atoms in total. The molecule has 0 radical (unpaired) electrons. The Hall–Kier alpha value is -5.79. The molecule has 0 aliphatic rings. The van der Waals surface area contributed by atoms with E-state index >= 15 is 0 Å². The molecule has 0 saturated carbocycles. The lowest BCUT2D eigenvalue weighted by molar-refractivity contribution is 0.143. The van der Waals surface area contributed by atoms with Gasteiger partial charge in [0.05, 0.1) is 11.1 Å². The quantitative estimate of drug-likeness (QED) is 0.180. The number of pyridine rings is 2. The fraction of sp³-hybridized carbons (Fsp3) is 0.231. The first-order valence-corrected chi connectivity index (χ1v) is 15.9.